The molecule has 1 fully saturated rings. The summed E-state index contributed by atoms with van der Waals surface area (Å²) in [5.41, 5.74) is 1.04. The van der Waals surface area contributed by atoms with Gasteiger partial charge in [-0.05, 0) is 43.7 Å². The summed E-state index contributed by atoms with van der Waals surface area (Å²) in [5, 5.41) is 3.04. The van der Waals surface area contributed by atoms with Gasteiger partial charge in [0.05, 0.1) is 37.1 Å². The van der Waals surface area contributed by atoms with Crippen molar-refractivity contribution in [1.82, 2.24) is 9.62 Å². The van der Waals surface area contributed by atoms with Crippen molar-refractivity contribution in [1.29, 1.82) is 0 Å². The van der Waals surface area contributed by atoms with E-state index in [-0.39, 0.29) is 22.9 Å². The average molecular weight is 421 g/mol. The fourth-order valence-corrected chi connectivity index (χ4v) is 4.99. The van der Waals surface area contributed by atoms with Gasteiger partial charge in [0.15, 0.2) is 6.04 Å². The Balaban J connectivity index is 1.57. The number of quaternary nitrogens is 1. The van der Waals surface area contributed by atoms with Crippen LogP contribution in [0.4, 0.5) is 4.39 Å². The highest BCUT2D eigenvalue weighted by molar-refractivity contribution is 7.89. The minimum absolute atomic E-state index is 0.0498. The molecule has 1 aliphatic heterocycles. The van der Waals surface area contributed by atoms with Gasteiger partial charge >= 0.3 is 0 Å². The number of carbonyl (C=O) groups excluding carboxylic acids is 1. The van der Waals surface area contributed by atoms with Crippen LogP contribution in [-0.2, 0) is 14.8 Å². The number of sulfonamides is 1. The SMILES string of the molecule is C[C@H](C(=O)N[C@H](C)c1ccccc1)[NH+]1CCN(S(=O)(=O)c2ccc(F)cc2)CC1. The molecule has 0 aromatic heterocycles. The van der Waals surface area contributed by atoms with Crippen molar-refractivity contribution in [2.24, 2.45) is 0 Å². The van der Waals surface area contributed by atoms with E-state index < -0.39 is 15.8 Å². The minimum Gasteiger partial charge on any atom is -0.344 e. The Morgan fingerprint density at radius 3 is 2.21 bits per heavy atom. The van der Waals surface area contributed by atoms with Gasteiger partial charge in [-0.2, -0.15) is 4.31 Å². The number of hydrogen-bond acceptors (Lipinski definition) is 3. The Hall–Kier alpha value is -2.29. The van der Waals surface area contributed by atoms with Crippen LogP contribution in [-0.4, -0.2) is 50.9 Å². The van der Waals surface area contributed by atoms with E-state index in [9.17, 15) is 17.6 Å². The Kier molecular flexibility index (Phi) is 6.66. The molecule has 1 amide bonds. The van der Waals surface area contributed by atoms with Crippen LogP contribution < -0.4 is 10.2 Å². The highest BCUT2D eigenvalue weighted by atomic mass is 32.2. The van der Waals surface area contributed by atoms with E-state index >= 15 is 0 Å². The monoisotopic (exact) mass is 420 g/mol. The highest BCUT2D eigenvalue weighted by Crippen LogP contribution is 2.16. The van der Waals surface area contributed by atoms with E-state index in [4.69, 9.17) is 0 Å². The van der Waals surface area contributed by atoms with E-state index in [0.29, 0.717) is 26.2 Å². The molecule has 8 heteroatoms. The van der Waals surface area contributed by atoms with Crippen LogP contribution in [0, 0.1) is 5.82 Å². The third kappa shape index (κ3) is 5.01. The zero-order valence-electron chi connectivity index (χ0n) is 16.6. The van der Waals surface area contributed by atoms with Crippen molar-refractivity contribution >= 4 is 15.9 Å². The molecule has 0 unspecified atom stereocenters. The van der Waals surface area contributed by atoms with E-state index in [1.807, 2.05) is 44.2 Å². The van der Waals surface area contributed by atoms with Gasteiger partial charge in [-0.3, -0.25) is 4.79 Å². The van der Waals surface area contributed by atoms with E-state index in [0.717, 1.165) is 22.6 Å². The molecule has 2 aromatic rings. The molecular weight excluding hydrogens is 393 g/mol. The lowest BCUT2D eigenvalue weighted by Gasteiger charge is -2.34. The number of benzene rings is 2. The molecule has 1 aliphatic rings. The molecule has 1 heterocycles. The summed E-state index contributed by atoms with van der Waals surface area (Å²) in [4.78, 5) is 13.8. The van der Waals surface area contributed by atoms with Gasteiger partial charge < -0.3 is 10.2 Å². The Bertz CT molecular complexity index is 927. The third-order valence-electron chi connectivity index (χ3n) is 5.48. The second-order valence-corrected chi connectivity index (χ2v) is 9.32. The number of hydrogen-bond donors (Lipinski definition) is 2. The first kappa shape index (κ1) is 21.4. The van der Waals surface area contributed by atoms with Crippen molar-refractivity contribution in [3.8, 4) is 0 Å². The van der Waals surface area contributed by atoms with Crippen molar-refractivity contribution in [2.75, 3.05) is 26.2 Å². The molecular formula is C21H27FN3O3S+. The summed E-state index contributed by atoms with van der Waals surface area (Å²) >= 11 is 0. The van der Waals surface area contributed by atoms with Gasteiger partial charge in [-0.1, -0.05) is 30.3 Å². The number of halogens is 1. The van der Waals surface area contributed by atoms with Crippen LogP contribution in [0.25, 0.3) is 0 Å². The first-order valence-corrected chi connectivity index (χ1v) is 11.2. The number of amides is 1. The molecule has 0 aliphatic carbocycles. The lowest BCUT2D eigenvalue weighted by molar-refractivity contribution is -0.917. The summed E-state index contributed by atoms with van der Waals surface area (Å²) in [6.07, 6.45) is 0. The lowest BCUT2D eigenvalue weighted by atomic mass is 10.1. The normalized spacial score (nSPS) is 18.2. The van der Waals surface area contributed by atoms with Gasteiger partial charge in [0.2, 0.25) is 10.0 Å². The fraction of sp³-hybridized carbons (Fsp3) is 0.381. The predicted molar refractivity (Wildman–Crippen MR) is 108 cm³/mol. The zero-order valence-corrected chi connectivity index (χ0v) is 17.5. The second kappa shape index (κ2) is 9.02. The van der Waals surface area contributed by atoms with E-state index in [1.165, 1.54) is 16.4 Å². The third-order valence-corrected chi connectivity index (χ3v) is 7.39. The molecule has 1 saturated heterocycles. The van der Waals surface area contributed by atoms with Crippen molar-refractivity contribution in [2.45, 2.75) is 30.8 Å². The van der Waals surface area contributed by atoms with Crippen LogP contribution in [0.1, 0.15) is 25.5 Å². The molecule has 2 atom stereocenters. The molecule has 0 bridgehead atoms. The summed E-state index contributed by atoms with van der Waals surface area (Å²) in [6, 6.07) is 14.2. The number of nitrogens with one attached hydrogen (secondary N) is 2. The minimum atomic E-state index is -3.65. The van der Waals surface area contributed by atoms with Gasteiger partial charge in [-0.25, -0.2) is 12.8 Å². The average Bonchev–Trinajstić information content (AvgIpc) is 2.74. The standard InChI is InChI=1S/C21H26FN3O3S/c1-16(18-6-4-3-5-7-18)23-21(26)17(2)24-12-14-25(15-13-24)29(27,28)20-10-8-19(22)9-11-20/h3-11,16-17H,12-15H2,1-2H3,(H,23,26)/p+1/t16-,17-/m1/s1. The maximum atomic E-state index is 13.1. The molecule has 2 aromatic carbocycles. The number of rotatable bonds is 6. The quantitative estimate of drug-likeness (QED) is 0.732. The summed E-state index contributed by atoms with van der Waals surface area (Å²) in [5.74, 6) is -0.519. The zero-order chi connectivity index (χ0) is 21.0. The summed E-state index contributed by atoms with van der Waals surface area (Å²) < 4.78 is 39.9. The molecule has 0 radical (unpaired) electrons. The topological polar surface area (TPSA) is 70.9 Å². The molecule has 156 valence electrons. The number of nitrogens with zero attached hydrogens (tertiary/aromatic N) is 1. The molecule has 3 rings (SSSR count). The first-order chi connectivity index (χ1) is 13.8. The maximum absolute atomic E-state index is 13.1. The molecule has 0 saturated carbocycles. The predicted octanol–water partition coefficient (Wildman–Crippen LogP) is 0.981. The lowest BCUT2D eigenvalue weighted by Crippen LogP contribution is -3.19. The number of carbonyl (C=O) groups is 1. The molecule has 29 heavy (non-hydrogen) atoms. The Morgan fingerprint density at radius 2 is 1.62 bits per heavy atom. The van der Waals surface area contributed by atoms with E-state index in [1.54, 1.807) is 0 Å². The van der Waals surface area contributed by atoms with Crippen LogP contribution in [0.15, 0.2) is 59.5 Å². The molecule has 0 spiro atoms. The van der Waals surface area contributed by atoms with Gasteiger partial charge in [0.25, 0.3) is 5.91 Å². The smallest absolute Gasteiger partial charge is 0.278 e. The Labute approximate surface area is 171 Å². The van der Waals surface area contributed by atoms with Crippen LogP contribution in [0.3, 0.4) is 0 Å². The van der Waals surface area contributed by atoms with Crippen molar-refractivity contribution in [3.05, 3.63) is 66.0 Å². The second-order valence-electron chi connectivity index (χ2n) is 7.38. The largest absolute Gasteiger partial charge is 0.344 e. The first-order valence-electron chi connectivity index (χ1n) is 9.74. The van der Waals surface area contributed by atoms with Crippen LogP contribution in [0.2, 0.25) is 0 Å². The van der Waals surface area contributed by atoms with Gasteiger partial charge in [-0.15, -0.1) is 0 Å². The van der Waals surface area contributed by atoms with Gasteiger partial charge in [0.1, 0.15) is 5.82 Å². The molecule has 6 nitrogen and oxygen atoms in total. The summed E-state index contributed by atoms with van der Waals surface area (Å²) in [7, 11) is -3.65. The number of piperazine rings is 1. The van der Waals surface area contributed by atoms with Crippen molar-refractivity contribution in [3.63, 3.8) is 0 Å². The highest BCUT2D eigenvalue weighted by Gasteiger charge is 2.34. The Morgan fingerprint density at radius 1 is 1.03 bits per heavy atom. The van der Waals surface area contributed by atoms with Gasteiger partial charge in [0, 0.05) is 0 Å². The fourth-order valence-electron chi connectivity index (χ4n) is 3.55. The van der Waals surface area contributed by atoms with Crippen LogP contribution in [0.5, 0.6) is 0 Å². The summed E-state index contributed by atoms with van der Waals surface area (Å²) in [6.45, 7) is 5.53. The van der Waals surface area contributed by atoms with E-state index in [2.05, 4.69) is 5.32 Å². The maximum Gasteiger partial charge on any atom is 0.278 e. The molecule has 2 N–H and O–H groups in total. The van der Waals surface area contributed by atoms with Crippen molar-refractivity contribution < 1.29 is 22.5 Å². The van der Waals surface area contributed by atoms with Crippen LogP contribution >= 0.6 is 0 Å².